The average molecular weight is 402 g/mol. The van der Waals surface area contributed by atoms with Crippen molar-refractivity contribution in [1.29, 1.82) is 0 Å². The Morgan fingerprint density at radius 3 is 1.38 bits per heavy atom. The van der Waals surface area contributed by atoms with E-state index in [1.165, 1.54) is 0 Å². The van der Waals surface area contributed by atoms with E-state index in [9.17, 15) is 9.59 Å². The van der Waals surface area contributed by atoms with Crippen LogP contribution in [0.15, 0.2) is 48.5 Å². The van der Waals surface area contributed by atoms with Gasteiger partial charge < -0.3 is 30.3 Å². The number of ether oxygens (including phenoxy) is 2. The molecule has 29 heavy (non-hydrogen) atoms. The molecule has 8 nitrogen and oxygen atoms in total. The summed E-state index contributed by atoms with van der Waals surface area (Å²) in [6, 6.07) is 14.0. The lowest BCUT2D eigenvalue weighted by Crippen LogP contribution is -2.41. The van der Waals surface area contributed by atoms with Gasteiger partial charge in [-0.3, -0.25) is 9.59 Å². The van der Waals surface area contributed by atoms with Crippen LogP contribution in [0.4, 0.5) is 11.4 Å². The molecule has 8 heteroatoms. The van der Waals surface area contributed by atoms with Crippen LogP contribution in [0.5, 0.6) is 11.5 Å². The summed E-state index contributed by atoms with van der Waals surface area (Å²) >= 11 is 0. The number of benzene rings is 2. The second-order valence-electron chi connectivity index (χ2n) is 6.37. The first-order valence-corrected chi connectivity index (χ1v) is 9.35. The van der Waals surface area contributed by atoms with Crippen molar-refractivity contribution in [3.05, 3.63) is 48.5 Å². The standard InChI is InChI=1S/C21H26N2O6/c1-3-21(4-2,28-17-9-5-15(6-10-17)22-13-19(24)25)29-18-11-7-16(8-12-18)23-14-20(26)27/h5-12,22-23H,3-4,13-14H2,1-2H3,(H,24,25)(H,26,27). The fourth-order valence-electron chi connectivity index (χ4n) is 2.63. The minimum atomic E-state index is -0.932. The molecule has 0 aliphatic heterocycles. The molecule has 0 saturated heterocycles. The van der Waals surface area contributed by atoms with E-state index in [0.29, 0.717) is 35.7 Å². The molecule has 0 fully saturated rings. The summed E-state index contributed by atoms with van der Waals surface area (Å²) in [6.07, 6.45) is 1.20. The van der Waals surface area contributed by atoms with Gasteiger partial charge in [-0.1, -0.05) is 13.8 Å². The lowest BCUT2D eigenvalue weighted by Gasteiger charge is -2.33. The van der Waals surface area contributed by atoms with E-state index in [0.717, 1.165) is 0 Å². The van der Waals surface area contributed by atoms with Crippen LogP contribution in [0.1, 0.15) is 26.7 Å². The number of aliphatic carboxylic acids is 2. The zero-order valence-corrected chi connectivity index (χ0v) is 16.5. The topological polar surface area (TPSA) is 117 Å². The molecule has 0 aromatic heterocycles. The molecular formula is C21H26N2O6. The molecule has 0 radical (unpaired) electrons. The first-order chi connectivity index (χ1) is 13.9. The fourth-order valence-corrected chi connectivity index (χ4v) is 2.63. The molecule has 156 valence electrons. The van der Waals surface area contributed by atoms with Crippen LogP contribution in [0, 0.1) is 0 Å². The lowest BCUT2D eigenvalue weighted by atomic mass is 10.1. The quantitative estimate of drug-likeness (QED) is 0.398. The fraction of sp³-hybridized carbons (Fsp3) is 0.333. The summed E-state index contributed by atoms with van der Waals surface area (Å²) < 4.78 is 12.3. The van der Waals surface area contributed by atoms with Crippen molar-refractivity contribution in [1.82, 2.24) is 0 Å². The zero-order valence-electron chi connectivity index (χ0n) is 16.5. The van der Waals surface area contributed by atoms with Gasteiger partial charge >= 0.3 is 11.9 Å². The zero-order chi connectivity index (χ0) is 21.3. The largest absolute Gasteiger partial charge is 0.480 e. The Bertz CT molecular complexity index is 735. The summed E-state index contributed by atoms with van der Waals surface area (Å²) in [5.74, 6) is -1.52. The first-order valence-electron chi connectivity index (χ1n) is 9.35. The number of hydrogen-bond donors (Lipinski definition) is 4. The van der Waals surface area contributed by atoms with Gasteiger partial charge in [0.2, 0.25) is 0 Å². The van der Waals surface area contributed by atoms with Gasteiger partial charge in [-0.2, -0.15) is 0 Å². The maximum Gasteiger partial charge on any atom is 0.322 e. The van der Waals surface area contributed by atoms with Crippen LogP contribution in [0.25, 0.3) is 0 Å². The number of carbonyl (C=O) groups is 2. The molecule has 2 aromatic rings. The second-order valence-corrected chi connectivity index (χ2v) is 6.37. The smallest absolute Gasteiger partial charge is 0.322 e. The molecule has 0 aliphatic rings. The van der Waals surface area contributed by atoms with Gasteiger partial charge in [-0.05, 0) is 48.5 Å². The number of carboxylic acid groups (broad SMARTS) is 2. The summed E-state index contributed by atoms with van der Waals surface area (Å²) in [7, 11) is 0. The van der Waals surface area contributed by atoms with Gasteiger partial charge in [-0.15, -0.1) is 0 Å². The van der Waals surface area contributed by atoms with Crippen LogP contribution in [-0.4, -0.2) is 41.0 Å². The Kier molecular flexibility index (Phi) is 7.70. The van der Waals surface area contributed by atoms with Gasteiger partial charge in [-0.25, -0.2) is 0 Å². The van der Waals surface area contributed by atoms with Gasteiger partial charge in [0.15, 0.2) is 0 Å². The Labute approximate surface area is 169 Å². The monoisotopic (exact) mass is 402 g/mol. The van der Waals surface area contributed by atoms with E-state index < -0.39 is 17.7 Å². The van der Waals surface area contributed by atoms with Crippen molar-refractivity contribution in [3.8, 4) is 11.5 Å². The Balaban J connectivity index is 2.04. The Morgan fingerprint density at radius 2 is 1.10 bits per heavy atom. The first kappa shape index (κ1) is 21.9. The number of nitrogens with one attached hydrogen (secondary N) is 2. The molecule has 0 aliphatic carbocycles. The van der Waals surface area contributed by atoms with Gasteiger partial charge in [0.1, 0.15) is 24.6 Å². The van der Waals surface area contributed by atoms with Crippen LogP contribution in [0.3, 0.4) is 0 Å². The molecule has 0 bridgehead atoms. The molecule has 2 rings (SSSR count). The van der Waals surface area contributed by atoms with Crippen molar-refractivity contribution in [3.63, 3.8) is 0 Å². The average Bonchev–Trinajstić information content (AvgIpc) is 2.72. The van der Waals surface area contributed by atoms with E-state index in [2.05, 4.69) is 10.6 Å². The third kappa shape index (κ3) is 6.91. The van der Waals surface area contributed by atoms with Crippen molar-refractivity contribution >= 4 is 23.3 Å². The summed E-state index contributed by atoms with van der Waals surface area (Å²) in [5, 5.41) is 23.0. The number of anilines is 2. The van der Waals surface area contributed by atoms with Crippen LogP contribution in [0.2, 0.25) is 0 Å². The summed E-state index contributed by atoms with van der Waals surface area (Å²) in [5.41, 5.74) is 1.37. The van der Waals surface area contributed by atoms with Crippen LogP contribution in [-0.2, 0) is 9.59 Å². The molecule has 0 unspecified atom stereocenters. The molecule has 0 amide bonds. The number of rotatable bonds is 12. The SMILES string of the molecule is CCC(CC)(Oc1ccc(NCC(=O)O)cc1)Oc1ccc(NCC(=O)O)cc1. The van der Waals surface area contributed by atoms with Gasteiger partial charge in [0.05, 0.1) is 0 Å². The highest BCUT2D eigenvalue weighted by atomic mass is 16.7. The van der Waals surface area contributed by atoms with Crippen LogP contribution >= 0.6 is 0 Å². The minimum absolute atomic E-state index is 0.158. The highest BCUT2D eigenvalue weighted by molar-refractivity contribution is 5.73. The second kappa shape index (κ2) is 10.2. The molecule has 0 heterocycles. The molecule has 0 spiro atoms. The van der Waals surface area contributed by atoms with Gasteiger partial charge in [0, 0.05) is 24.2 Å². The normalized spacial score (nSPS) is 10.8. The molecule has 2 aromatic carbocycles. The molecule has 0 saturated carbocycles. The van der Waals surface area contributed by atoms with E-state index in [1.807, 2.05) is 13.8 Å². The highest BCUT2D eigenvalue weighted by Gasteiger charge is 2.31. The summed E-state index contributed by atoms with van der Waals surface area (Å²) in [4.78, 5) is 21.3. The van der Waals surface area contributed by atoms with E-state index in [4.69, 9.17) is 19.7 Å². The van der Waals surface area contributed by atoms with Crippen molar-refractivity contribution in [2.75, 3.05) is 23.7 Å². The molecule has 0 atom stereocenters. The Hall–Kier alpha value is -3.42. The van der Waals surface area contributed by atoms with Gasteiger partial charge in [0.25, 0.3) is 5.79 Å². The lowest BCUT2D eigenvalue weighted by molar-refractivity contribution is -0.135. The Morgan fingerprint density at radius 1 is 0.759 bits per heavy atom. The predicted octanol–water partition coefficient (Wildman–Crippen LogP) is 3.65. The molecule has 4 N–H and O–H groups in total. The third-order valence-corrected chi connectivity index (χ3v) is 4.28. The number of carboxylic acids is 2. The van der Waals surface area contributed by atoms with Crippen molar-refractivity contribution in [2.24, 2.45) is 0 Å². The van der Waals surface area contributed by atoms with Crippen molar-refractivity contribution < 1.29 is 29.3 Å². The van der Waals surface area contributed by atoms with Crippen LogP contribution < -0.4 is 20.1 Å². The van der Waals surface area contributed by atoms with E-state index >= 15 is 0 Å². The maximum atomic E-state index is 10.6. The maximum absolute atomic E-state index is 10.6. The predicted molar refractivity (Wildman–Crippen MR) is 110 cm³/mol. The van der Waals surface area contributed by atoms with E-state index in [-0.39, 0.29) is 13.1 Å². The van der Waals surface area contributed by atoms with Crippen molar-refractivity contribution in [2.45, 2.75) is 32.5 Å². The van der Waals surface area contributed by atoms with E-state index in [1.54, 1.807) is 48.5 Å². The summed E-state index contributed by atoms with van der Waals surface area (Å²) in [6.45, 7) is 3.62. The minimum Gasteiger partial charge on any atom is -0.480 e. The number of hydrogen-bond acceptors (Lipinski definition) is 6. The molecular weight excluding hydrogens is 376 g/mol. The highest BCUT2D eigenvalue weighted by Crippen LogP contribution is 2.29. The third-order valence-electron chi connectivity index (χ3n) is 4.28.